The maximum absolute atomic E-state index is 12.7. The van der Waals surface area contributed by atoms with Gasteiger partial charge in [-0.15, -0.1) is 0 Å². The third kappa shape index (κ3) is 2.89. The Balaban J connectivity index is 1.99. The van der Waals surface area contributed by atoms with Crippen LogP contribution in [0.4, 0.5) is 0 Å². The molecular weight excluding hydrogens is 356 g/mol. The molecule has 1 N–H and O–H groups in total. The van der Waals surface area contributed by atoms with Gasteiger partial charge in [0.15, 0.2) is 0 Å². The monoisotopic (exact) mass is 376 g/mol. The minimum absolute atomic E-state index is 0.0436. The molecular formula is C23H20O5. The Morgan fingerprint density at radius 3 is 2.50 bits per heavy atom. The van der Waals surface area contributed by atoms with Crippen LogP contribution in [0.1, 0.15) is 42.2 Å². The zero-order valence-corrected chi connectivity index (χ0v) is 15.9. The number of carbonyl (C=O) groups excluding carboxylic acids is 1. The summed E-state index contributed by atoms with van der Waals surface area (Å²) in [7, 11) is 0. The Morgan fingerprint density at radius 2 is 1.75 bits per heavy atom. The Hall–Kier alpha value is -3.34. The molecule has 28 heavy (non-hydrogen) atoms. The second kappa shape index (κ2) is 6.68. The first-order valence-electron chi connectivity index (χ1n) is 9.13. The van der Waals surface area contributed by atoms with Crippen molar-refractivity contribution in [2.24, 2.45) is 0 Å². The average Bonchev–Trinajstić information content (AvgIpc) is 2.99. The van der Waals surface area contributed by atoms with Gasteiger partial charge in [0, 0.05) is 16.9 Å². The van der Waals surface area contributed by atoms with Crippen molar-refractivity contribution in [3.05, 3.63) is 75.3 Å². The van der Waals surface area contributed by atoms with Crippen LogP contribution in [0.5, 0.6) is 5.75 Å². The van der Waals surface area contributed by atoms with Crippen molar-refractivity contribution in [1.29, 1.82) is 0 Å². The highest BCUT2D eigenvalue weighted by molar-refractivity contribution is 5.88. The molecule has 0 amide bonds. The van der Waals surface area contributed by atoms with Crippen molar-refractivity contribution in [1.82, 2.24) is 0 Å². The van der Waals surface area contributed by atoms with Crippen molar-refractivity contribution in [2.75, 3.05) is 0 Å². The van der Waals surface area contributed by atoms with Gasteiger partial charge in [-0.1, -0.05) is 36.8 Å². The first-order valence-corrected chi connectivity index (χ1v) is 9.13. The second-order valence-corrected chi connectivity index (χ2v) is 7.19. The molecule has 0 spiro atoms. The molecule has 4 rings (SSSR count). The summed E-state index contributed by atoms with van der Waals surface area (Å²) in [6.07, 6.45) is 0.118. The van der Waals surface area contributed by atoms with E-state index in [-0.39, 0.29) is 23.5 Å². The Kier molecular flexibility index (Phi) is 4.30. The van der Waals surface area contributed by atoms with Crippen LogP contribution in [0.15, 0.2) is 56.1 Å². The molecule has 2 heterocycles. The lowest BCUT2D eigenvalue weighted by molar-refractivity contribution is -0.116. The molecule has 5 heteroatoms. The third-order valence-corrected chi connectivity index (χ3v) is 5.05. The minimum Gasteiger partial charge on any atom is -0.507 e. The quantitative estimate of drug-likeness (QED) is 0.516. The molecule has 0 radical (unpaired) electrons. The van der Waals surface area contributed by atoms with Crippen molar-refractivity contribution in [3.63, 3.8) is 0 Å². The van der Waals surface area contributed by atoms with E-state index in [1.54, 1.807) is 12.1 Å². The summed E-state index contributed by atoms with van der Waals surface area (Å²) in [6, 6.07) is 12.7. The van der Waals surface area contributed by atoms with Crippen molar-refractivity contribution < 1.29 is 18.7 Å². The molecule has 4 aromatic rings. The van der Waals surface area contributed by atoms with E-state index in [9.17, 15) is 14.7 Å². The third-order valence-electron chi connectivity index (χ3n) is 5.05. The summed E-state index contributed by atoms with van der Waals surface area (Å²) in [5.74, 6) is -0.150. The molecule has 1 unspecified atom stereocenters. The fraction of sp³-hybridized carbons (Fsp3) is 0.217. The van der Waals surface area contributed by atoms with Crippen molar-refractivity contribution in [2.45, 2.75) is 33.1 Å². The topological polar surface area (TPSA) is 80.7 Å². The number of ketones is 1. The van der Waals surface area contributed by atoms with Gasteiger partial charge in [-0.05, 0) is 32.0 Å². The minimum atomic E-state index is -0.597. The number of aryl methyl sites for hydroxylation is 1. The van der Waals surface area contributed by atoms with Gasteiger partial charge in [0.2, 0.25) is 0 Å². The van der Waals surface area contributed by atoms with Crippen LogP contribution in [0.2, 0.25) is 0 Å². The molecule has 5 nitrogen and oxygen atoms in total. The number of Topliss-reactive ketones (excluding diaryl/α,β-unsaturated/α-hetero) is 1. The first kappa shape index (κ1) is 18.0. The van der Waals surface area contributed by atoms with Crippen LogP contribution in [0, 0.1) is 6.92 Å². The molecule has 0 aliphatic heterocycles. The lowest BCUT2D eigenvalue weighted by atomic mass is 9.89. The zero-order chi connectivity index (χ0) is 20.0. The smallest absolute Gasteiger partial charge is 0.343 e. The van der Waals surface area contributed by atoms with Crippen LogP contribution in [-0.4, -0.2) is 10.9 Å². The molecule has 0 bridgehead atoms. The summed E-state index contributed by atoms with van der Waals surface area (Å²) >= 11 is 0. The number of furan rings is 1. The fourth-order valence-corrected chi connectivity index (χ4v) is 3.79. The lowest BCUT2D eigenvalue weighted by Crippen LogP contribution is -2.13. The molecule has 1 atom stereocenters. The number of hydrogen-bond acceptors (Lipinski definition) is 5. The van der Waals surface area contributed by atoms with Gasteiger partial charge in [0.25, 0.3) is 0 Å². The number of benzene rings is 2. The predicted octanol–water partition coefficient (Wildman–Crippen LogP) is 4.84. The second-order valence-electron chi connectivity index (χ2n) is 7.19. The molecule has 0 fully saturated rings. The van der Waals surface area contributed by atoms with Gasteiger partial charge < -0.3 is 13.9 Å². The van der Waals surface area contributed by atoms with Gasteiger partial charge in [0.1, 0.15) is 28.5 Å². The molecule has 0 saturated carbocycles. The summed E-state index contributed by atoms with van der Waals surface area (Å²) in [5, 5.41) is 12.2. The molecule has 2 aromatic carbocycles. The predicted molar refractivity (Wildman–Crippen MR) is 107 cm³/mol. The van der Waals surface area contributed by atoms with Crippen LogP contribution in [0.3, 0.4) is 0 Å². The van der Waals surface area contributed by atoms with E-state index in [0.29, 0.717) is 22.3 Å². The Morgan fingerprint density at radius 1 is 1.04 bits per heavy atom. The molecule has 2 aromatic heterocycles. The van der Waals surface area contributed by atoms with Crippen LogP contribution in [-0.2, 0) is 11.2 Å². The van der Waals surface area contributed by atoms with E-state index in [1.165, 1.54) is 6.92 Å². The van der Waals surface area contributed by atoms with E-state index in [4.69, 9.17) is 8.83 Å². The number of aromatic hydroxyl groups is 1. The van der Waals surface area contributed by atoms with Gasteiger partial charge in [0.05, 0.1) is 17.4 Å². The van der Waals surface area contributed by atoms with E-state index in [1.807, 2.05) is 44.2 Å². The van der Waals surface area contributed by atoms with Crippen LogP contribution >= 0.6 is 0 Å². The largest absolute Gasteiger partial charge is 0.507 e. The normalized spacial score (nSPS) is 12.5. The Bertz CT molecular complexity index is 1280. The first-order chi connectivity index (χ1) is 13.4. The van der Waals surface area contributed by atoms with Gasteiger partial charge in [-0.2, -0.15) is 0 Å². The van der Waals surface area contributed by atoms with Crippen LogP contribution in [0.25, 0.3) is 21.9 Å². The summed E-state index contributed by atoms with van der Waals surface area (Å²) in [4.78, 5) is 24.5. The highest BCUT2D eigenvalue weighted by Gasteiger charge is 2.27. The summed E-state index contributed by atoms with van der Waals surface area (Å²) in [6.45, 7) is 5.21. The fourth-order valence-electron chi connectivity index (χ4n) is 3.79. The van der Waals surface area contributed by atoms with Crippen molar-refractivity contribution >= 4 is 27.7 Å². The SMILES string of the molecule is CC(=O)Cc1oc2ccccc2c1C(C)c1c(O)c2cc(C)ccc2oc1=O. The lowest BCUT2D eigenvalue weighted by Gasteiger charge is -2.14. The highest BCUT2D eigenvalue weighted by atomic mass is 16.4. The summed E-state index contributed by atoms with van der Waals surface area (Å²) in [5.41, 5.74) is 2.21. The number of carbonyl (C=O) groups is 1. The molecule has 0 aliphatic rings. The molecule has 142 valence electrons. The standard InChI is InChI=1S/C23H20O5/c1-12-8-9-18-16(10-12)22(25)21(23(26)28-18)14(3)20-15-6-4-5-7-17(15)27-19(20)11-13(2)24/h4-10,14,25H,11H2,1-3H3. The van der Waals surface area contributed by atoms with E-state index < -0.39 is 11.5 Å². The molecule has 0 saturated heterocycles. The average molecular weight is 376 g/mol. The van der Waals surface area contributed by atoms with Gasteiger partial charge in [-0.25, -0.2) is 4.79 Å². The number of fused-ring (bicyclic) bond motifs is 2. The number of hydrogen-bond donors (Lipinski definition) is 1. The highest BCUT2D eigenvalue weighted by Crippen LogP contribution is 2.39. The van der Waals surface area contributed by atoms with Gasteiger partial charge >= 0.3 is 5.63 Å². The number of rotatable bonds is 4. The van der Waals surface area contributed by atoms with E-state index >= 15 is 0 Å². The molecule has 0 aliphatic carbocycles. The van der Waals surface area contributed by atoms with E-state index in [2.05, 4.69) is 0 Å². The summed E-state index contributed by atoms with van der Waals surface area (Å²) < 4.78 is 11.4. The zero-order valence-electron chi connectivity index (χ0n) is 15.9. The van der Waals surface area contributed by atoms with Crippen molar-refractivity contribution in [3.8, 4) is 5.75 Å². The maximum Gasteiger partial charge on any atom is 0.343 e. The van der Waals surface area contributed by atoms with E-state index in [0.717, 1.165) is 16.5 Å². The number of para-hydroxylation sites is 1. The van der Waals surface area contributed by atoms with Gasteiger partial charge in [-0.3, -0.25) is 4.79 Å². The Labute approximate surface area is 161 Å². The van der Waals surface area contributed by atoms with Crippen LogP contribution < -0.4 is 5.63 Å². The maximum atomic E-state index is 12.7.